The summed E-state index contributed by atoms with van der Waals surface area (Å²) in [5, 5.41) is 0. The van der Waals surface area contributed by atoms with Crippen molar-refractivity contribution < 1.29 is 13.2 Å². The number of rotatable bonds is 7. The maximum atomic E-state index is 11.3. The molecular weight excluding hydrogens is 204 g/mol. The Bertz CT molecular complexity index is 249. The van der Waals surface area contributed by atoms with Crippen LogP contribution in [0.2, 0.25) is 0 Å². The molecule has 0 heterocycles. The molecule has 0 saturated carbocycles. The van der Waals surface area contributed by atoms with Gasteiger partial charge >= 0.3 is 0 Å². The maximum absolute atomic E-state index is 11.3. The fourth-order valence-electron chi connectivity index (χ4n) is 0.701. The fourth-order valence-corrected chi connectivity index (χ4v) is 1.96. The van der Waals surface area contributed by atoms with Gasteiger partial charge < -0.3 is 10.5 Å². The molecule has 0 unspecified atom stereocenters. The first-order chi connectivity index (χ1) is 6.33. The highest BCUT2D eigenvalue weighted by Crippen LogP contribution is 2.05. The van der Waals surface area contributed by atoms with Gasteiger partial charge in [-0.1, -0.05) is 0 Å². The van der Waals surface area contributed by atoms with Gasteiger partial charge in [0.1, 0.15) is 0 Å². The van der Waals surface area contributed by atoms with E-state index in [2.05, 4.69) is 4.72 Å². The summed E-state index contributed by atoms with van der Waals surface area (Å²) in [7, 11) is -1.65. The van der Waals surface area contributed by atoms with Crippen LogP contribution in [0, 0.1) is 0 Å². The molecule has 0 aromatic carbocycles. The molecular formula is C8H20N2O3S. The van der Waals surface area contributed by atoms with Gasteiger partial charge in [-0.25, -0.2) is 13.1 Å². The van der Waals surface area contributed by atoms with Crippen LogP contribution in [0.15, 0.2) is 0 Å². The molecule has 0 fully saturated rings. The van der Waals surface area contributed by atoms with Crippen molar-refractivity contribution in [3.63, 3.8) is 0 Å². The average Bonchev–Trinajstić information content (AvgIpc) is 2.12. The number of methoxy groups -OCH3 is 1. The number of nitrogens with two attached hydrogens (primary N) is 1. The predicted molar refractivity (Wildman–Crippen MR) is 56.5 cm³/mol. The van der Waals surface area contributed by atoms with Gasteiger partial charge in [0.15, 0.2) is 0 Å². The van der Waals surface area contributed by atoms with Crippen LogP contribution in [0.1, 0.15) is 20.3 Å². The third-order valence-corrected chi connectivity index (χ3v) is 3.30. The Morgan fingerprint density at radius 1 is 1.43 bits per heavy atom. The number of ether oxygens (including phenoxy) is 1. The lowest BCUT2D eigenvalue weighted by molar-refractivity contribution is 0.0276. The molecule has 5 nitrogen and oxygen atoms in total. The SMILES string of the molecule is COC(C)(C)CNS(=O)(=O)CCCN. The van der Waals surface area contributed by atoms with E-state index in [-0.39, 0.29) is 12.3 Å². The van der Waals surface area contributed by atoms with E-state index in [0.717, 1.165) is 0 Å². The Kier molecular flexibility index (Phi) is 5.58. The third kappa shape index (κ3) is 6.31. The van der Waals surface area contributed by atoms with Crippen LogP contribution in [0.4, 0.5) is 0 Å². The number of nitrogens with one attached hydrogen (secondary N) is 1. The Hall–Kier alpha value is -0.170. The van der Waals surface area contributed by atoms with Gasteiger partial charge in [0.25, 0.3) is 0 Å². The molecule has 0 spiro atoms. The van der Waals surface area contributed by atoms with Crippen molar-refractivity contribution in [1.82, 2.24) is 4.72 Å². The second-order valence-corrected chi connectivity index (χ2v) is 5.67. The molecule has 86 valence electrons. The van der Waals surface area contributed by atoms with Gasteiger partial charge in [0, 0.05) is 13.7 Å². The summed E-state index contributed by atoms with van der Waals surface area (Å²) in [6.45, 7) is 4.29. The molecule has 6 heteroatoms. The zero-order chi connectivity index (χ0) is 11.2. The first-order valence-corrected chi connectivity index (χ1v) is 6.21. The zero-order valence-electron chi connectivity index (χ0n) is 9.04. The van der Waals surface area contributed by atoms with Crippen LogP contribution in [0.25, 0.3) is 0 Å². The smallest absolute Gasteiger partial charge is 0.211 e. The van der Waals surface area contributed by atoms with Crippen molar-refractivity contribution in [2.24, 2.45) is 5.73 Å². The van der Waals surface area contributed by atoms with Crippen molar-refractivity contribution >= 4 is 10.0 Å². The van der Waals surface area contributed by atoms with Crippen molar-refractivity contribution in [2.45, 2.75) is 25.9 Å². The summed E-state index contributed by atoms with van der Waals surface area (Å²) in [6, 6.07) is 0. The van der Waals surface area contributed by atoms with Gasteiger partial charge in [-0.05, 0) is 26.8 Å². The lowest BCUT2D eigenvalue weighted by Crippen LogP contribution is -2.40. The monoisotopic (exact) mass is 224 g/mol. The molecule has 0 atom stereocenters. The number of sulfonamides is 1. The van der Waals surface area contributed by atoms with Crippen molar-refractivity contribution in [3.8, 4) is 0 Å². The Morgan fingerprint density at radius 2 is 2.00 bits per heavy atom. The van der Waals surface area contributed by atoms with E-state index in [9.17, 15) is 8.42 Å². The minimum absolute atomic E-state index is 0.0727. The van der Waals surface area contributed by atoms with Gasteiger partial charge in [0.2, 0.25) is 10.0 Å². The molecule has 0 rings (SSSR count). The van der Waals surface area contributed by atoms with Crippen LogP contribution < -0.4 is 10.5 Å². The minimum atomic E-state index is -3.20. The molecule has 0 aromatic heterocycles. The largest absolute Gasteiger partial charge is 0.377 e. The van der Waals surface area contributed by atoms with Crippen molar-refractivity contribution in [1.29, 1.82) is 0 Å². The molecule has 0 aliphatic carbocycles. The molecule has 0 radical (unpaired) electrons. The van der Waals surface area contributed by atoms with Crippen LogP contribution in [0.3, 0.4) is 0 Å². The van der Waals surface area contributed by atoms with Crippen LogP contribution in [-0.2, 0) is 14.8 Å². The highest BCUT2D eigenvalue weighted by atomic mass is 32.2. The van der Waals surface area contributed by atoms with Gasteiger partial charge in [-0.15, -0.1) is 0 Å². The van der Waals surface area contributed by atoms with Crippen molar-refractivity contribution in [2.75, 3.05) is 26.0 Å². The molecule has 0 aliphatic heterocycles. The molecule has 0 amide bonds. The predicted octanol–water partition coefficient (Wildman–Crippen LogP) is -0.320. The zero-order valence-corrected chi connectivity index (χ0v) is 9.86. The fraction of sp³-hybridized carbons (Fsp3) is 1.00. The van der Waals surface area contributed by atoms with E-state index in [1.807, 2.05) is 13.8 Å². The van der Waals surface area contributed by atoms with Crippen LogP contribution in [-0.4, -0.2) is 40.0 Å². The highest BCUT2D eigenvalue weighted by Gasteiger charge is 2.19. The Labute approximate surface area is 86.1 Å². The lowest BCUT2D eigenvalue weighted by Gasteiger charge is -2.22. The Morgan fingerprint density at radius 3 is 2.43 bits per heavy atom. The van der Waals surface area contributed by atoms with E-state index >= 15 is 0 Å². The summed E-state index contributed by atoms with van der Waals surface area (Å²) in [5.74, 6) is 0.0727. The average molecular weight is 224 g/mol. The molecule has 0 saturated heterocycles. The van der Waals surface area contributed by atoms with E-state index in [0.29, 0.717) is 13.0 Å². The standard InChI is InChI=1S/C8H20N2O3S/c1-8(2,13-3)7-10-14(11,12)6-4-5-9/h10H,4-7,9H2,1-3H3. The number of hydrogen-bond acceptors (Lipinski definition) is 4. The van der Waals surface area contributed by atoms with Crippen molar-refractivity contribution in [3.05, 3.63) is 0 Å². The van der Waals surface area contributed by atoms with E-state index in [4.69, 9.17) is 10.5 Å². The first kappa shape index (κ1) is 13.8. The quantitative estimate of drug-likeness (QED) is 0.621. The lowest BCUT2D eigenvalue weighted by atomic mass is 10.1. The Balaban J connectivity index is 4.00. The summed E-state index contributed by atoms with van der Waals surface area (Å²) in [6.07, 6.45) is 0.475. The maximum Gasteiger partial charge on any atom is 0.211 e. The summed E-state index contributed by atoms with van der Waals surface area (Å²) in [4.78, 5) is 0. The molecule has 0 bridgehead atoms. The van der Waals surface area contributed by atoms with E-state index in [1.54, 1.807) is 7.11 Å². The normalized spacial score (nSPS) is 13.1. The number of hydrogen-bond donors (Lipinski definition) is 2. The summed E-state index contributed by atoms with van der Waals surface area (Å²) >= 11 is 0. The molecule has 14 heavy (non-hydrogen) atoms. The minimum Gasteiger partial charge on any atom is -0.377 e. The van der Waals surface area contributed by atoms with E-state index < -0.39 is 15.6 Å². The van der Waals surface area contributed by atoms with E-state index in [1.165, 1.54) is 0 Å². The molecule has 0 aromatic rings. The van der Waals surface area contributed by atoms with Crippen LogP contribution in [0.5, 0.6) is 0 Å². The van der Waals surface area contributed by atoms with Gasteiger partial charge in [0.05, 0.1) is 11.4 Å². The summed E-state index contributed by atoms with van der Waals surface area (Å²) < 4.78 is 30.2. The second-order valence-electron chi connectivity index (χ2n) is 3.75. The van der Waals surface area contributed by atoms with Gasteiger partial charge in [-0.2, -0.15) is 0 Å². The topological polar surface area (TPSA) is 81.4 Å². The third-order valence-electron chi connectivity index (χ3n) is 1.89. The first-order valence-electron chi connectivity index (χ1n) is 4.55. The molecule has 3 N–H and O–H groups in total. The van der Waals surface area contributed by atoms with Crippen LogP contribution >= 0.6 is 0 Å². The summed E-state index contributed by atoms with van der Waals surface area (Å²) in [5.41, 5.74) is 4.75. The van der Waals surface area contributed by atoms with Gasteiger partial charge in [-0.3, -0.25) is 0 Å². The second kappa shape index (κ2) is 5.65. The molecule has 0 aliphatic rings. The highest BCUT2D eigenvalue weighted by molar-refractivity contribution is 7.89.